The first kappa shape index (κ1) is 23.9. The number of ether oxygens (including phenoxy) is 1. The molecular formula is C24H31N3O2. The molecule has 0 radical (unpaired) electrons. The summed E-state index contributed by atoms with van der Waals surface area (Å²) < 4.78 is 5.58. The average molecular weight is 394 g/mol. The Morgan fingerprint density at radius 2 is 1.90 bits per heavy atom. The molecule has 0 aliphatic carbocycles. The van der Waals surface area contributed by atoms with E-state index in [4.69, 9.17) is 16.3 Å². The molecule has 29 heavy (non-hydrogen) atoms. The van der Waals surface area contributed by atoms with Crippen LogP contribution in [0.25, 0.3) is 10.9 Å². The van der Waals surface area contributed by atoms with Crippen LogP contribution in [0.1, 0.15) is 40.2 Å². The second-order valence-corrected chi connectivity index (χ2v) is 6.91. The van der Waals surface area contributed by atoms with Gasteiger partial charge in [0.05, 0.1) is 12.1 Å². The normalized spacial score (nSPS) is 9.79. The van der Waals surface area contributed by atoms with Crippen molar-refractivity contribution in [1.29, 1.82) is 0 Å². The van der Waals surface area contributed by atoms with E-state index in [1.54, 1.807) is 0 Å². The minimum absolute atomic E-state index is 0. The topological polar surface area (TPSA) is 67.3 Å². The number of fused-ring (bicyclic) bond motifs is 1. The van der Waals surface area contributed by atoms with Crippen LogP contribution in [0.5, 0.6) is 5.75 Å². The van der Waals surface area contributed by atoms with Gasteiger partial charge in [-0.25, -0.2) is 9.97 Å². The zero-order chi connectivity index (χ0) is 20.4. The highest BCUT2D eigenvalue weighted by Gasteiger charge is 2.06. The lowest BCUT2D eigenvalue weighted by molar-refractivity contribution is 0.233. The standard InChI is InChI=1S/C19H17N3O2.C4H10.CH4/c1-2-14-5-3-6-15(11-14)22-19-17-8-7-16(24-10-4-9-23)12-18(17)20-13-21-19;1-4(2)3;/h1,3,5-8,11-13,23H,4,9-10H2,(H,20,21,22);4H,1-3H3;1H4. The fourth-order valence-electron chi connectivity index (χ4n) is 2.30. The van der Waals surface area contributed by atoms with E-state index in [1.165, 1.54) is 6.33 Å². The lowest BCUT2D eigenvalue weighted by Crippen LogP contribution is -2.00. The molecule has 0 atom stereocenters. The molecule has 0 bridgehead atoms. The maximum absolute atomic E-state index is 8.81. The third kappa shape index (κ3) is 7.81. The molecule has 154 valence electrons. The Kier molecular flexibility index (Phi) is 10.2. The van der Waals surface area contributed by atoms with Crippen molar-refractivity contribution in [2.24, 2.45) is 5.92 Å². The van der Waals surface area contributed by atoms with E-state index in [0.29, 0.717) is 18.8 Å². The smallest absolute Gasteiger partial charge is 0.141 e. The number of hydrogen-bond donors (Lipinski definition) is 2. The van der Waals surface area contributed by atoms with Gasteiger partial charge in [-0.05, 0) is 36.2 Å². The molecule has 5 heteroatoms. The lowest BCUT2D eigenvalue weighted by atomic mass is 10.2. The molecule has 0 unspecified atom stereocenters. The number of nitrogens with zero attached hydrogens (tertiary/aromatic N) is 2. The van der Waals surface area contributed by atoms with E-state index in [-0.39, 0.29) is 14.0 Å². The summed E-state index contributed by atoms with van der Waals surface area (Å²) in [5.74, 6) is 4.87. The van der Waals surface area contributed by atoms with E-state index in [0.717, 1.165) is 33.8 Å². The minimum Gasteiger partial charge on any atom is -0.493 e. The highest BCUT2D eigenvalue weighted by molar-refractivity contribution is 5.91. The zero-order valence-electron chi connectivity index (χ0n) is 16.6. The monoisotopic (exact) mass is 393 g/mol. The van der Waals surface area contributed by atoms with Crippen LogP contribution in [-0.2, 0) is 0 Å². The van der Waals surface area contributed by atoms with Crippen LogP contribution in [0.3, 0.4) is 0 Å². The van der Waals surface area contributed by atoms with E-state index < -0.39 is 0 Å². The van der Waals surface area contributed by atoms with Crippen molar-refractivity contribution in [3.8, 4) is 18.1 Å². The summed E-state index contributed by atoms with van der Waals surface area (Å²) in [5.41, 5.74) is 2.45. The summed E-state index contributed by atoms with van der Waals surface area (Å²) in [6.45, 7) is 7.08. The molecule has 1 heterocycles. The Morgan fingerprint density at radius 3 is 2.59 bits per heavy atom. The summed E-state index contributed by atoms with van der Waals surface area (Å²) >= 11 is 0. The first-order valence-electron chi connectivity index (χ1n) is 9.35. The van der Waals surface area contributed by atoms with Crippen molar-refractivity contribution in [2.45, 2.75) is 34.6 Å². The molecular weight excluding hydrogens is 362 g/mol. The van der Waals surface area contributed by atoms with Crippen molar-refractivity contribution in [1.82, 2.24) is 9.97 Å². The predicted octanol–water partition coefficient (Wildman–Crippen LogP) is 5.41. The Bertz CT molecular complexity index is 930. The summed E-state index contributed by atoms with van der Waals surface area (Å²) in [6.07, 6.45) is 7.54. The number of aliphatic hydroxyl groups excluding tert-OH is 1. The quantitative estimate of drug-likeness (QED) is 0.433. The molecule has 3 rings (SSSR count). The number of terminal acetylenes is 1. The van der Waals surface area contributed by atoms with Crippen LogP contribution < -0.4 is 10.1 Å². The summed E-state index contributed by atoms with van der Waals surface area (Å²) in [5, 5.41) is 13.0. The number of benzene rings is 2. The summed E-state index contributed by atoms with van der Waals surface area (Å²) in [4.78, 5) is 8.61. The van der Waals surface area contributed by atoms with Gasteiger partial charge in [-0.3, -0.25) is 0 Å². The molecule has 0 saturated heterocycles. The second kappa shape index (κ2) is 12.4. The Balaban J connectivity index is 0.000000771. The fraction of sp³-hybridized carbons (Fsp3) is 0.333. The third-order valence-electron chi connectivity index (χ3n) is 3.47. The predicted molar refractivity (Wildman–Crippen MR) is 122 cm³/mol. The lowest BCUT2D eigenvalue weighted by Gasteiger charge is -2.10. The molecule has 3 aromatic rings. The van der Waals surface area contributed by atoms with Gasteiger partial charge in [-0.1, -0.05) is 40.2 Å². The van der Waals surface area contributed by atoms with E-state index in [2.05, 4.69) is 42.0 Å². The van der Waals surface area contributed by atoms with Gasteiger partial charge in [-0.15, -0.1) is 6.42 Å². The van der Waals surface area contributed by atoms with Gasteiger partial charge in [0.15, 0.2) is 0 Å². The van der Waals surface area contributed by atoms with Gasteiger partial charge in [0.2, 0.25) is 0 Å². The van der Waals surface area contributed by atoms with Gasteiger partial charge in [-0.2, -0.15) is 0 Å². The minimum atomic E-state index is 0. The maximum Gasteiger partial charge on any atom is 0.141 e. The van der Waals surface area contributed by atoms with Gasteiger partial charge in [0, 0.05) is 35.7 Å². The molecule has 0 spiro atoms. The molecule has 2 N–H and O–H groups in total. The number of rotatable bonds is 6. The molecule has 0 aliphatic rings. The Hall–Kier alpha value is -3.10. The van der Waals surface area contributed by atoms with Crippen molar-refractivity contribution in [3.05, 3.63) is 54.4 Å². The number of aromatic nitrogens is 2. The van der Waals surface area contributed by atoms with Crippen LogP contribution in [0.15, 0.2) is 48.8 Å². The average Bonchev–Trinajstić information content (AvgIpc) is 2.68. The molecule has 0 saturated carbocycles. The summed E-state index contributed by atoms with van der Waals surface area (Å²) in [7, 11) is 0. The van der Waals surface area contributed by atoms with Gasteiger partial charge in [0.25, 0.3) is 0 Å². The van der Waals surface area contributed by atoms with Crippen molar-refractivity contribution < 1.29 is 9.84 Å². The summed E-state index contributed by atoms with van der Waals surface area (Å²) in [6, 6.07) is 13.2. The first-order valence-corrected chi connectivity index (χ1v) is 9.35. The van der Waals surface area contributed by atoms with Gasteiger partial charge in [0.1, 0.15) is 17.9 Å². The van der Waals surface area contributed by atoms with E-state index >= 15 is 0 Å². The van der Waals surface area contributed by atoms with Crippen molar-refractivity contribution >= 4 is 22.4 Å². The SMILES string of the molecule is C.C#Cc1cccc(Nc2ncnc3cc(OCCCO)ccc23)c1.CC(C)C. The van der Waals surface area contributed by atoms with Crippen LogP contribution in [0, 0.1) is 18.3 Å². The number of nitrogens with one attached hydrogen (secondary N) is 1. The van der Waals surface area contributed by atoms with Crippen LogP contribution >= 0.6 is 0 Å². The third-order valence-corrected chi connectivity index (χ3v) is 3.47. The van der Waals surface area contributed by atoms with Crippen LogP contribution in [-0.4, -0.2) is 28.3 Å². The van der Waals surface area contributed by atoms with Gasteiger partial charge >= 0.3 is 0 Å². The zero-order valence-corrected chi connectivity index (χ0v) is 16.6. The molecule has 0 amide bonds. The molecule has 1 aromatic heterocycles. The molecule has 2 aromatic carbocycles. The Morgan fingerprint density at radius 1 is 1.14 bits per heavy atom. The van der Waals surface area contributed by atoms with Crippen LogP contribution in [0.4, 0.5) is 11.5 Å². The number of aliphatic hydroxyl groups is 1. The van der Waals surface area contributed by atoms with E-state index in [9.17, 15) is 0 Å². The molecule has 0 aliphatic heterocycles. The van der Waals surface area contributed by atoms with Crippen LogP contribution in [0.2, 0.25) is 0 Å². The first-order chi connectivity index (χ1) is 13.5. The highest BCUT2D eigenvalue weighted by atomic mass is 16.5. The van der Waals surface area contributed by atoms with Gasteiger partial charge < -0.3 is 15.2 Å². The van der Waals surface area contributed by atoms with Crippen molar-refractivity contribution in [2.75, 3.05) is 18.5 Å². The van der Waals surface area contributed by atoms with E-state index in [1.807, 2.05) is 42.5 Å². The molecule has 0 fully saturated rings. The largest absolute Gasteiger partial charge is 0.493 e. The number of hydrogen-bond acceptors (Lipinski definition) is 5. The second-order valence-electron chi connectivity index (χ2n) is 6.91. The fourth-order valence-corrected chi connectivity index (χ4v) is 2.30. The maximum atomic E-state index is 8.81. The highest BCUT2D eigenvalue weighted by Crippen LogP contribution is 2.26. The number of anilines is 2. The Labute approximate surface area is 174 Å². The molecule has 5 nitrogen and oxygen atoms in total. The van der Waals surface area contributed by atoms with Crippen molar-refractivity contribution in [3.63, 3.8) is 0 Å².